The van der Waals surface area contributed by atoms with Gasteiger partial charge < -0.3 is 4.90 Å². The third kappa shape index (κ3) is 2.22. The molecular formula is C15H11Cl2NO. The summed E-state index contributed by atoms with van der Waals surface area (Å²) >= 11 is 12.0. The fourth-order valence-corrected chi connectivity index (χ4v) is 2.70. The Balaban J connectivity index is 1.93. The van der Waals surface area contributed by atoms with Gasteiger partial charge >= 0.3 is 0 Å². The van der Waals surface area contributed by atoms with Crippen LogP contribution >= 0.6 is 23.2 Å². The van der Waals surface area contributed by atoms with Gasteiger partial charge in [-0.2, -0.15) is 0 Å². The van der Waals surface area contributed by atoms with Crippen molar-refractivity contribution in [2.45, 2.75) is 11.9 Å². The quantitative estimate of drug-likeness (QED) is 0.761. The molecule has 1 aliphatic rings. The van der Waals surface area contributed by atoms with E-state index in [0.717, 1.165) is 16.8 Å². The molecule has 2 aromatic rings. The van der Waals surface area contributed by atoms with E-state index in [0.29, 0.717) is 11.6 Å². The van der Waals surface area contributed by atoms with Crippen LogP contribution in [0.2, 0.25) is 5.02 Å². The molecule has 4 heteroatoms. The smallest absolute Gasteiger partial charge is 0.249 e. The number of halogens is 2. The van der Waals surface area contributed by atoms with E-state index in [1.54, 1.807) is 4.90 Å². The number of carbonyl (C=O) groups is 1. The van der Waals surface area contributed by atoms with Gasteiger partial charge in [0.15, 0.2) is 0 Å². The predicted molar refractivity (Wildman–Crippen MR) is 77.7 cm³/mol. The standard InChI is InChI=1S/C15H11Cl2NO/c16-11-7-5-10(6-8-11)9-18-13-4-2-1-3-12(13)14(17)15(18)19/h1-8,14H,9H2. The lowest BCUT2D eigenvalue weighted by Crippen LogP contribution is -2.26. The molecule has 0 aliphatic carbocycles. The molecule has 0 radical (unpaired) electrons. The Kier molecular flexibility index (Phi) is 3.21. The maximum absolute atomic E-state index is 12.2. The third-order valence-electron chi connectivity index (χ3n) is 3.24. The molecule has 1 unspecified atom stereocenters. The summed E-state index contributed by atoms with van der Waals surface area (Å²) in [5.41, 5.74) is 2.80. The van der Waals surface area contributed by atoms with Crippen molar-refractivity contribution in [3.8, 4) is 0 Å². The monoisotopic (exact) mass is 291 g/mol. The van der Waals surface area contributed by atoms with Crippen molar-refractivity contribution >= 4 is 34.8 Å². The Morgan fingerprint density at radius 1 is 1.05 bits per heavy atom. The zero-order chi connectivity index (χ0) is 13.4. The van der Waals surface area contributed by atoms with Crippen LogP contribution in [0.5, 0.6) is 0 Å². The second-order valence-electron chi connectivity index (χ2n) is 4.47. The highest BCUT2D eigenvalue weighted by Gasteiger charge is 2.35. The first-order valence-electron chi connectivity index (χ1n) is 5.95. The lowest BCUT2D eigenvalue weighted by atomic mass is 10.1. The van der Waals surface area contributed by atoms with Gasteiger partial charge in [0.2, 0.25) is 5.91 Å². The van der Waals surface area contributed by atoms with Crippen LogP contribution in [0.4, 0.5) is 5.69 Å². The number of benzene rings is 2. The van der Waals surface area contributed by atoms with Gasteiger partial charge in [0, 0.05) is 16.3 Å². The van der Waals surface area contributed by atoms with Gasteiger partial charge in [0.1, 0.15) is 5.38 Å². The predicted octanol–water partition coefficient (Wildman–Crippen LogP) is 4.17. The molecule has 0 fully saturated rings. The molecule has 0 spiro atoms. The van der Waals surface area contributed by atoms with Crippen LogP contribution < -0.4 is 4.90 Å². The molecule has 96 valence electrons. The first kappa shape index (κ1) is 12.5. The average molecular weight is 292 g/mol. The van der Waals surface area contributed by atoms with Crippen molar-refractivity contribution < 1.29 is 4.79 Å². The molecule has 0 aromatic heterocycles. The molecule has 2 aromatic carbocycles. The summed E-state index contributed by atoms with van der Waals surface area (Å²) in [6.45, 7) is 0.510. The Labute approximate surface area is 121 Å². The molecule has 1 heterocycles. The van der Waals surface area contributed by atoms with Crippen LogP contribution in [0.25, 0.3) is 0 Å². The third-order valence-corrected chi connectivity index (χ3v) is 3.91. The first-order chi connectivity index (χ1) is 9.16. The molecule has 1 atom stereocenters. The minimum absolute atomic E-state index is 0.0715. The average Bonchev–Trinajstić information content (AvgIpc) is 2.67. The van der Waals surface area contributed by atoms with Crippen LogP contribution in [-0.4, -0.2) is 5.91 Å². The summed E-state index contributed by atoms with van der Waals surface area (Å²) < 4.78 is 0. The maximum Gasteiger partial charge on any atom is 0.249 e. The second kappa shape index (κ2) is 4.87. The van der Waals surface area contributed by atoms with Gasteiger partial charge in [-0.15, -0.1) is 11.6 Å². The molecule has 1 amide bonds. The van der Waals surface area contributed by atoms with Gasteiger partial charge in [0.05, 0.1) is 6.54 Å². The van der Waals surface area contributed by atoms with E-state index < -0.39 is 5.38 Å². The first-order valence-corrected chi connectivity index (χ1v) is 6.77. The zero-order valence-corrected chi connectivity index (χ0v) is 11.5. The van der Waals surface area contributed by atoms with E-state index in [4.69, 9.17) is 23.2 Å². The lowest BCUT2D eigenvalue weighted by molar-refractivity contribution is -0.117. The van der Waals surface area contributed by atoms with Crippen LogP contribution in [0.3, 0.4) is 0 Å². The largest absolute Gasteiger partial charge is 0.306 e. The zero-order valence-electron chi connectivity index (χ0n) is 10.0. The van der Waals surface area contributed by atoms with Crippen molar-refractivity contribution in [2.75, 3.05) is 4.90 Å². The molecule has 19 heavy (non-hydrogen) atoms. The van der Waals surface area contributed by atoms with E-state index in [1.165, 1.54) is 0 Å². The van der Waals surface area contributed by atoms with Crippen molar-refractivity contribution in [1.29, 1.82) is 0 Å². The number of hydrogen-bond acceptors (Lipinski definition) is 1. The number of fused-ring (bicyclic) bond motifs is 1. The number of nitrogens with zero attached hydrogens (tertiary/aromatic N) is 1. The molecule has 3 rings (SSSR count). The van der Waals surface area contributed by atoms with Gasteiger partial charge in [-0.3, -0.25) is 4.79 Å². The Bertz CT molecular complexity index is 624. The van der Waals surface area contributed by atoms with E-state index in [2.05, 4.69) is 0 Å². The van der Waals surface area contributed by atoms with Gasteiger partial charge in [-0.1, -0.05) is 41.9 Å². The van der Waals surface area contributed by atoms with Gasteiger partial charge in [-0.05, 0) is 23.8 Å². The number of alkyl halides is 1. The van der Waals surface area contributed by atoms with Crippen molar-refractivity contribution in [2.24, 2.45) is 0 Å². The highest BCUT2D eigenvalue weighted by Crippen LogP contribution is 2.40. The summed E-state index contributed by atoms with van der Waals surface area (Å²) in [7, 11) is 0. The van der Waals surface area contributed by atoms with Crippen LogP contribution in [-0.2, 0) is 11.3 Å². The van der Waals surface area contributed by atoms with Crippen LogP contribution in [0.1, 0.15) is 16.5 Å². The van der Waals surface area contributed by atoms with Gasteiger partial charge in [-0.25, -0.2) is 0 Å². The minimum atomic E-state index is -0.580. The van der Waals surface area contributed by atoms with Crippen molar-refractivity contribution in [3.63, 3.8) is 0 Å². The minimum Gasteiger partial charge on any atom is -0.306 e. The number of rotatable bonds is 2. The molecule has 2 nitrogen and oxygen atoms in total. The molecular weight excluding hydrogens is 281 g/mol. The molecule has 1 aliphatic heterocycles. The summed E-state index contributed by atoms with van der Waals surface area (Å²) in [5.74, 6) is -0.0715. The highest BCUT2D eigenvalue weighted by atomic mass is 35.5. The van der Waals surface area contributed by atoms with E-state index in [1.807, 2.05) is 48.5 Å². The van der Waals surface area contributed by atoms with Crippen molar-refractivity contribution in [3.05, 3.63) is 64.7 Å². The molecule has 0 saturated carbocycles. The number of anilines is 1. The summed E-state index contributed by atoms with van der Waals surface area (Å²) in [6, 6.07) is 15.1. The maximum atomic E-state index is 12.2. The normalized spacial score (nSPS) is 17.7. The fraction of sp³-hybridized carbons (Fsp3) is 0.133. The Hall–Kier alpha value is -1.51. The lowest BCUT2D eigenvalue weighted by Gasteiger charge is -2.17. The molecule has 0 bridgehead atoms. The van der Waals surface area contributed by atoms with E-state index >= 15 is 0 Å². The Morgan fingerprint density at radius 2 is 1.74 bits per heavy atom. The Morgan fingerprint density at radius 3 is 2.47 bits per heavy atom. The number of para-hydroxylation sites is 1. The van der Waals surface area contributed by atoms with E-state index in [9.17, 15) is 4.79 Å². The topological polar surface area (TPSA) is 20.3 Å². The highest BCUT2D eigenvalue weighted by molar-refractivity contribution is 6.35. The molecule has 0 saturated heterocycles. The molecule has 0 N–H and O–H groups in total. The van der Waals surface area contributed by atoms with Gasteiger partial charge in [0.25, 0.3) is 0 Å². The summed E-state index contributed by atoms with van der Waals surface area (Å²) in [5, 5.41) is 0.107. The number of amides is 1. The van der Waals surface area contributed by atoms with Crippen LogP contribution in [0.15, 0.2) is 48.5 Å². The summed E-state index contributed by atoms with van der Waals surface area (Å²) in [6.07, 6.45) is 0. The van der Waals surface area contributed by atoms with Crippen LogP contribution in [0, 0.1) is 0 Å². The van der Waals surface area contributed by atoms with E-state index in [-0.39, 0.29) is 5.91 Å². The SMILES string of the molecule is O=C1C(Cl)c2ccccc2N1Cc1ccc(Cl)cc1. The number of carbonyl (C=O) groups excluding carboxylic acids is 1. The second-order valence-corrected chi connectivity index (χ2v) is 5.35. The summed E-state index contributed by atoms with van der Waals surface area (Å²) in [4.78, 5) is 13.9. The fourth-order valence-electron chi connectivity index (χ4n) is 2.27. The van der Waals surface area contributed by atoms with Crippen molar-refractivity contribution in [1.82, 2.24) is 0 Å². The number of hydrogen-bond donors (Lipinski definition) is 0.